The number of hydrogen-bond acceptors (Lipinski definition) is 4. The van der Waals surface area contributed by atoms with Gasteiger partial charge in [-0.2, -0.15) is 0 Å². The van der Waals surface area contributed by atoms with Crippen LogP contribution in [0.25, 0.3) is 11.0 Å². The number of rotatable bonds is 7. The molecule has 24 heavy (non-hydrogen) atoms. The fourth-order valence-electron chi connectivity index (χ4n) is 4.41. The Bertz CT molecular complexity index is 731. The molecule has 0 unspecified atom stereocenters. The van der Waals surface area contributed by atoms with Gasteiger partial charge in [0.25, 0.3) is 0 Å². The van der Waals surface area contributed by atoms with Crippen molar-refractivity contribution in [3.05, 3.63) is 23.9 Å². The lowest BCUT2D eigenvalue weighted by Crippen LogP contribution is -1.99. The first-order valence-electron chi connectivity index (χ1n) is 9.28. The molecule has 0 amide bonds. The van der Waals surface area contributed by atoms with E-state index in [-0.39, 0.29) is 5.88 Å². The molecule has 0 bridgehead atoms. The van der Waals surface area contributed by atoms with Crippen LogP contribution in [0.15, 0.2) is 18.2 Å². The number of aromatic hydroxyl groups is 1. The number of unbranched alkanes of at least 4 members (excludes halogenated alkanes) is 2. The van der Waals surface area contributed by atoms with E-state index in [9.17, 15) is 5.11 Å². The van der Waals surface area contributed by atoms with Crippen molar-refractivity contribution >= 4 is 11.0 Å². The van der Waals surface area contributed by atoms with Gasteiger partial charge >= 0.3 is 0 Å². The van der Waals surface area contributed by atoms with Gasteiger partial charge < -0.3 is 9.84 Å². The lowest BCUT2D eigenvalue weighted by atomic mass is 9.96. The van der Waals surface area contributed by atoms with Crippen LogP contribution in [-0.4, -0.2) is 22.2 Å². The molecular weight excluding hydrogens is 300 g/mol. The maximum absolute atomic E-state index is 10.1. The number of aryl methyl sites for hydroxylation is 1. The number of methoxy groups -OCH3 is 1. The molecule has 3 atom stereocenters. The highest BCUT2D eigenvalue weighted by molar-refractivity contribution is 5.76. The van der Waals surface area contributed by atoms with E-state index >= 15 is 0 Å². The quantitative estimate of drug-likeness (QED) is 0.762. The topological polar surface area (TPSA) is 55.2 Å². The Morgan fingerprint density at radius 2 is 2.04 bits per heavy atom. The van der Waals surface area contributed by atoms with Gasteiger partial charge in [0.2, 0.25) is 5.88 Å². The third-order valence-corrected chi connectivity index (χ3v) is 5.90. The molecule has 2 fully saturated rings. The molecule has 1 aromatic carbocycles. The van der Waals surface area contributed by atoms with Gasteiger partial charge in [-0.05, 0) is 62.0 Å². The second kappa shape index (κ2) is 6.58. The van der Waals surface area contributed by atoms with Crippen molar-refractivity contribution in [2.24, 2.45) is 17.8 Å². The molecule has 0 aliphatic heterocycles. The van der Waals surface area contributed by atoms with Gasteiger partial charge in [0.15, 0.2) is 0 Å². The van der Waals surface area contributed by atoms with Gasteiger partial charge in [0, 0.05) is 6.07 Å². The van der Waals surface area contributed by atoms with Crippen LogP contribution < -0.4 is 4.74 Å². The predicted molar refractivity (Wildman–Crippen MR) is 94.2 cm³/mol. The second-order valence-electron chi connectivity index (χ2n) is 7.44. The van der Waals surface area contributed by atoms with E-state index in [2.05, 4.69) is 9.97 Å². The zero-order valence-corrected chi connectivity index (χ0v) is 14.4. The van der Waals surface area contributed by atoms with Crippen LogP contribution in [0, 0.1) is 17.8 Å². The third-order valence-electron chi connectivity index (χ3n) is 5.90. The van der Waals surface area contributed by atoms with Crippen LogP contribution >= 0.6 is 0 Å². The van der Waals surface area contributed by atoms with Crippen molar-refractivity contribution in [2.45, 2.75) is 51.4 Å². The van der Waals surface area contributed by atoms with E-state index in [1.54, 1.807) is 13.2 Å². The van der Waals surface area contributed by atoms with Crippen LogP contribution in [0.2, 0.25) is 0 Å². The normalized spacial score (nSPS) is 25.0. The Morgan fingerprint density at radius 1 is 1.12 bits per heavy atom. The minimum Gasteiger partial charge on any atom is -0.497 e. The summed E-state index contributed by atoms with van der Waals surface area (Å²) >= 11 is 0. The molecule has 1 heterocycles. The Balaban J connectivity index is 1.30. The summed E-state index contributed by atoms with van der Waals surface area (Å²) < 4.78 is 5.19. The molecule has 2 saturated carbocycles. The summed E-state index contributed by atoms with van der Waals surface area (Å²) in [5.41, 5.74) is 2.21. The molecule has 4 nitrogen and oxygen atoms in total. The highest BCUT2D eigenvalue weighted by Gasteiger charge is 2.47. The minimum atomic E-state index is 0.0624. The van der Waals surface area contributed by atoms with Crippen molar-refractivity contribution in [3.8, 4) is 11.6 Å². The van der Waals surface area contributed by atoms with Gasteiger partial charge in [-0.1, -0.05) is 19.3 Å². The van der Waals surface area contributed by atoms with Gasteiger partial charge in [0.05, 0.1) is 18.1 Å². The minimum absolute atomic E-state index is 0.0624. The number of nitrogens with zero attached hydrogens (tertiary/aromatic N) is 2. The molecule has 2 aromatic rings. The monoisotopic (exact) mass is 326 g/mol. The van der Waals surface area contributed by atoms with Crippen molar-refractivity contribution < 1.29 is 9.84 Å². The Labute approximate surface area is 143 Å². The van der Waals surface area contributed by atoms with Crippen LogP contribution in [0.4, 0.5) is 0 Å². The number of benzene rings is 1. The van der Waals surface area contributed by atoms with Gasteiger partial charge in [-0.3, -0.25) is 0 Å². The van der Waals surface area contributed by atoms with E-state index in [0.29, 0.717) is 5.52 Å². The average Bonchev–Trinajstić information content (AvgIpc) is 3.27. The summed E-state index contributed by atoms with van der Waals surface area (Å²) in [6.45, 7) is 0. The molecule has 0 radical (unpaired) electrons. The van der Waals surface area contributed by atoms with E-state index in [4.69, 9.17) is 4.74 Å². The predicted octanol–water partition coefficient (Wildman–Crippen LogP) is 4.49. The zero-order valence-electron chi connectivity index (χ0n) is 14.4. The lowest BCUT2D eigenvalue weighted by Gasteiger charge is -2.11. The smallest absolute Gasteiger partial charge is 0.233 e. The molecule has 4 heteroatoms. The molecule has 0 saturated heterocycles. The maximum Gasteiger partial charge on any atom is 0.233 e. The Morgan fingerprint density at radius 3 is 2.79 bits per heavy atom. The van der Waals surface area contributed by atoms with E-state index in [1.165, 1.54) is 38.5 Å². The highest BCUT2D eigenvalue weighted by Crippen LogP contribution is 2.56. The molecule has 1 N–H and O–H groups in total. The molecule has 2 aliphatic carbocycles. The largest absolute Gasteiger partial charge is 0.497 e. The first kappa shape index (κ1) is 15.7. The fraction of sp³-hybridized carbons (Fsp3) is 0.600. The second-order valence-corrected chi connectivity index (χ2v) is 7.44. The number of hydrogen-bond donors (Lipinski definition) is 1. The Hall–Kier alpha value is -1.84. The standard InChI is InChI=1S/C20H26N2O2/c1-24-15-9-10-17-19(12-15)22-20(23)18(21-17)6-4-2-3-5-13-7-8-14-11-16(13)14/h9-10,12-14,16H,2-8,11H2,1H3,(H,22,23)/t13-,14-,16-/m0/s1. The summed E-state index contributed by atoms with van der Waals surface area (Å²) in [5.74, 6) is 3.98. The van der Waals surface area contributed by atoms with Gasteiger partial charge in [0.1, 0.15) is 11.4 Å². The molecular formula is C20H26N2O2. The van der Waals surface area contributed by atoms with Crippen LogP contribution in [0.1, 0.15) is 50.6 Å². The van der Waals surface area contributed by atoms with Crippen molar-refractivity contribution in [2.75, 3.05) is 7.11 Å². The van der Waals surface area contributed by atoms with E-state index in [0.717, 1.165) is 47.6 Å². The SMILES string of the molecule is COc1ccc2nc(CCCCC[C@H]3CC[C@H]4C[C@@H]34)c(O)nc2c1. The summed E-state index contributed by atoms with van der Waals surface area (Å²) in [6.07, 6.45) is 10.3. The zero-order chi connectivity index (χ0) is 16.5. The first-order chi connectivity index (χ1) is 11.7. The van der Waals surface area contributed by atoms with E-state index < -0.39 is 0 Å². The van der Waals surface area contributed by atoms with Crippen LogP contribution in [-0.2, 0) is 6.42 Å². The summed E-state index contributed by atoms with van der Waals surface area (Å²) in [4.78, 5) is 8.85. The molecule has 1 aromatic heterocycles. The molecule has 0 spiro atoms. The fourth-order valence-corrected chi connectivity index (χ4v) is 4.41. The summed E-state index contributed by atoms with van der Waals surface area (Å²) in [7, 11) is 1.62. The lowest BCUT2D eigenvalue weighted by molar-refractivity contribution is 0.414. The van der Waals surface area contributed by atoms with Crippen LogP contribution in [0.5, 0.6) is 11.6 Å². The molecule has 128 valence electrons. The highest BCUT2D eigenvalue weighted by atomic mass is 16.5. The Kier molecular flexibility index (Phi) is 4.30. The molecule has 2 aliphatic rings. The van der Waals surface area contributed by atoms with Crippen molar-refractivity contribution in [3.63, 3.8) is 0 Å². The number of fused-ring (bicyclic) bond motifs is 2. The van der Waals surface area contributed by atoms with Gasteiger partial charge in [-0.15, -0.1) is 0 Å². The third kappa shape index (κ3) is 3.19. The number of aromatic nitrogens is 2. The first-order valence-corrected chi connectivity index (χ1v) is 9.28. The summed E-state index contributed by atoms with van der Waals surface area (Å²) in [5, 5.41) is 10.1. The van der Waals surface area contributed by atoms with Crippen molar-refractivity contribution in [1.29, 1.82) is 0 Å². The maximum atomic E-state index is 10.1. The van der Waals surface area contributed by atoms with E-state index in [1.807, 2.05) is 12.1 Å². The van der Waals surface area contributed by atoms with Crippen molar-refractivity contribution in [1.82, 2.24) is 9.97 Å². The number of ether oxygens (including phenoxy) is 1. The van der Waals surface area contributed by atoms with Gasteiger partial charge in [-0.25, -0.2) is 9.97 Å². The molecule has 4 rings (SSSR count). The van der Waals surface area contributed by atoms with Crippen LogP contribution in [0.3, 0.4) is 0 Å². The average molecular weight is 326 g/mol. The summed E-state index contributed by atoms with van der Waals surface area (Å²) in [6, 6.07) is 5.58.